The highest BCUT2D eigenvalue weighted by Gasteiger charge is 2.15. The van der Waals surface area contributed by atoms with Gasteiger partial charge in [0.25, 0.3) is 5.91 Å². The first kappa shape index (κ1) is 20.8. The van der Waals surface area contributed by atoms with E-state index in [0.29, 0.717) is 12.2 Å². The molecule has 29 heavy (non-hydrogen) atoms. The highest BCUT2D eigenvalue weighted by molar-refractivity contribution is 5.96. The minimum absolute atomic E-state index is 0.0316. The number of hydrogen-bond acceptors (Lipinski definition) is 3. The number of fused-ring (bicyclic) bond motifs is 1. The molecule has 0 spiro atoms. The number of hydrogen-bond donors (Lipinski definition) is 1. The smallest absolute Gasteiger partial charge is 0.269 e. The van der Waals surface area contributed by atoms with Crippen molar-refractivity contribution in [1.82, 2.24) is 10.3 Å². The summed E-state index contributed by atoms with van der Waals surface area (Å²) in [6.07, 6.45) is 1.72. The third kappa shape index (κ3) is 5.57. The fourth-order valence-corrected chi connectivity index (χ4v) is 2.90. The van der Waals surface area contributed by atoms with E-state index in [9.17, 15) is 4.79 Å². The van der Waals surface area contributed by atoms with Crippen molar-refractivity contribution in [3.8, 4) is 11.5 Å². The summed E-state index contributed by atoms with van der Waals surface area (Å²) >= 11 is 0. The number of ether oxygens (including phenoxy) is 1. The lowest BCUT2D eigenvalue weighted by Gasteiger charge is -2.19. The molecule has 0 radical (unpaired) electrons. The Morgan fingerprint density at radius 3 is 2.17 bits per heavy atom. The first-order chi connectivity index (χ1) is 13.5. The van der Waals surface area contributed by atoms with Crippen LogP contribution < -0.4 is 10.1 Å². The van der Waals surface area contributed by atoms with Crippen molar-refractivity contribution in [3.63, 3.8) is 0 Å². The minimum Gasteiger partial charge on any atom is -0.457 e. The molecule has 1 aromatic heterocycles. The number of amides is 1. The molecule has 0 atom stereocenters. The second-order valence-corrected chi connectivity index (χ2v) is 9.70. The molecule has 1 amide bonds. The van der Waals surface area contributed by atoms with Crippen molar-refractivity contribution in [2.75, 3.05) is 6.54 Å². The molecule has 1 N–H and O–H groups in total. The third-order valence-electron chi connectivity index (χ3n) is 4.66. The van der Waals surface area contributed by atoms with Crippen LogP contribution >= 0.6 is 0 Å². The summed E-state index contributed by atoms with van der Waals surface area (Å²) in [5.41, 5.74) is 1.84. The van der Waals surface area contributed by atoms with Crippen LogP contribution in [0, 0.1) is 5.41 Å². The van der Waals surface area contributed by atoms with Gasteiger partial charge in [0.05, 0.1) is 0 Å². The number of nitrogens with one attached hydrogen (secondary N) is 1. The van der Waals surface area contributed by atoms with Crippen molar-refractivity contribution in [1.29, 1.82) is 0 Å². The Bertz CT molecular complexity index is 1010. The molecule has 4 nitrogen and oxygen atoms in total. The van der Waals surface area contributed by atoms with Crippen LogP contribution in [0.25, 0.3) is 10.8 Å². The van der Waals surface area contributed by atoms with Crippen molar-refractivity contribution >= 4 is 16.7 Å². The fraction of sp³-hybridized carbons (Fsp3) is 0.360. The van der Waals surface area contributed by atoms with Gasteiger partial charge < -0.3 is 10.1 Å². The number of pyridine rings is 1. The summed E-state index contributed by atoms with van der Waals surface area (Å²) < 4.78 is 6.00. The molecule has 0 unspecified atom stereocenters. The highest BCUT2D eigenvalue weighted by Crippen LogP contribution is 2.28. The van der Waals surface area contributed by atoms with E-state index in [1.165, 1.54) is 5.56 Å². The van der Waals surface area contributed by atoms with Gasteiger partial charge in [-0.05, 0) is 52.1 Å². The van der Waals surface area contributed by atoms with Gasteiger partial charge >= 0.3 is 0 Å². The lowest BCUT2D eigenvalue weighted by atomic mass is 9.87. The van der Waals surface area contributed by atoms with Crippen LogP contribution in [0.4, 0.5) is 0 Å². The molecule has 3 aromatic rings. The molecule has 0 saturated heterocycles. The minimum atomic E-state index is -0.152. The number of rotatable bonds is 4. The molecule has 1 heterocycles. The first-order valence-electron chi connectivity index (χ1n) is 9.98. The standard InChI is InChI=1S/C25H30N2O2/c1-24(2,3)16-27-23(28)22-14-17-7-10-21(13-18(17)15-26-22)29-20-11-8-19(9-12-20)25(4,5)6/h7-15H,16H2,1-6H3,(H,27,28). The molecule has 0 aliphatic heterocycles. The topological polar surface area (TPSA) is 51.2 Å². The predicted octanol–water partition coefficient (Wildman–Crippen LogP) is 6.10. The van der Waals surface area contributed by atoms with E-state index in [2.05, 4.69) is 64.0 Å². The normalized spacial score (nSPS) is 12.1. The largest absolute Gasteiger partial charge is 0.457 e. The summed E-state index contributed by atoms with van der Waals surface area (Å²) in [6, 6.07) is 15.8. The summed E-state index contributed by atoms with van der Waals surface area (Å²) in [5, 5.41) is 4.82. The molecular weight excluding hydrogens is 360 g/mol. The van der Waals surface area contributed by atoms with E-state index in [4.69, 9.17) is 4.74 Å². The molecule has 2 aromatic carbocycles. The van der Waals surface area contributed by atoms with Crippen LogP contribution in [0.1, 0.15) is 57.6 Å². The molecule has 0 aliphatic rings. The molecular formula is C25H30N2O2. The number of carbonyl (C=O) groups excluding carboxylic acids is 1. The Balaban J connectivity index is 1.74. The summed E-state index contributed by atoms with van der Waals surface area (Å²) in [5.74, 6) is 1.39. The Morgan fingerprint density at radius 1 is 0.897 bits per heavy atom. The third-order valence-corrected chi connectivity index (χ3v) is 4.66. The maximum absolute atomic E-state index is 12.3. The Kier molecular flexibility index (Phi) is 5.65. The summed E-state index contributed by atoms with van der Waals surface area (Å²) in [6.45, 7) is 13.4. The quantitative estimate of drug-likeness (QED) is 0.585. The van der Waals surface area contributed by atoms with Gasteiger partial charge in [-0.25, -0.2) is 0 Å². The van der Waals surface area contributed by atoms with E-state index in [-0.39, 0.29) is 16.7 Å². The fourth-order valence-electron chi connectivity index (χ4n) is 2.90. The zero-order valence-corrected chi connectivity index (χ0v) is 18.2. The second-order valence-electron chi connectivity index (χ2n) is 9.70. The molecule has 0 saturated carbocycles. The Labute approximate surface area is 173 Å². The number of benzene rings is 2. The van der Waals surface area contributed by atoms with Crippen LogP contribution in [0.3, 0.4) is 0 Å². The van der Waals surface area contributed by atoms with Crippen molar-refractivity contribution in [3.05, 3.63) is 66.0 Å². The number of nitrogens with zero attached hydrogens (tertiary/aromatic N) is 1. The summed E-state index contributed by atoms with van der Waals surface area (Å²) in [4.78, 5) is 16.7. The van der Waals surface area contributed by atoms with Gasteiger partial charge in [-0.2, -0.15) is 0 Å². The molecule has 0 bridgehead atoms. The predicted molar refractivity (Wildman–Crippen MR) is 119 cm³/mol. The van der Waals surface area contributed by atoms with Gasteiger partial charge in [0.15, 0.2) is 0 Å². The van der Waals surface area contributed by atoms with Gasteiger partial charge in [-0.15, -0.1) is 0 Å². The van der Waals surface area contributed by atoms with Crippen LogP contribution in [0.2, 0.25) is 0 Å². The average Bonchev–Trinajstić information content (AvgIpc) is 2.65. The van der Waals surface area contributed by atoms with Gasteiger partial charge in [0, 0.05) is 18.1 Å². The average molecular weight is 391 g/mol. The number of carbonyl (C=O) groups is 1. The first-order valence-corrected chi connectivity index (χ1v) is 9.98. The lowest BCUT2D eigenvalue weighted by molar-refractivity contribution is 0.0934. The van der Waals surface area contributed by atoms with Gasteiger partial charge in [-0.1, -0.05) is 59.7 Å². The zero-order chi connectivity index (χ0) is 21.2. The van der Waals surface area contributed by atoms with Crippen molar-refractivity contribution in [2.45, 2.75) is 47.0 Å². The van der Waals surface area contributed by atoms with Gasteiger partial charge in [0.1, 0.15) is 17.2 Å². The maximum Gasteiger partial charge on any atom is 0.269 e. The molecule has 0 fully saturated rings. The number of aromatic nitrogens is 1. The maximum atomic E-state index is 12.3. The van der Waals surface area contributed by atoms with E-state index in [0.717, 1.165) is 22.3 Å². The van der Waals surface area contributed by atoms with Crippen LogP contribution in [0.15, 0.2) is 54.7 Å². The van der Waals surface area contributed by atoms with Crippen molar-refractivity contribution in [2.24, 2.45) is 5.41 Å². The monoisotopic (exact) mass is 390 g/mol. The van der Waals surface area contributed by atoms with E-state index >= 15 is 0 Å². The molecule has 4 heteroatoms. The molecule has 3 rings (SSSR count). The van der Waals surface area contributed by atoms with Crippen LogP contribution in [0.5, 0.6) is 11.5 Å². The van der Waals surface area contributed by atoms with E-state index in [1.807, 2.05) is 36.4 Å². The van der Waals surface area contributed by atoms with E-state index in [1.54, 1.807) is 6.20 Å². The second kappa shape index (κ2) is 7.86. The van der Waals surface area contributed by atoms with Crippen LogP contribution in [-0.4, -0.2) is 17.4 Å². The van der Waals surface area contributed by atoms with Gasteiger partial charge in [0.2, 0.25) is 0 Å². The molecule has 0 aliphatic carbocycles. The van der Waals surface area contributed by atoms with Crippen molar-refractivity contribution < 1.29 is 9.53 Å². The van der Waals surface area contributed by atoms with Crippen LogP contribution in [-0.2, 0) is 5.41 Å². The summed E-state index contributed by atoms with van der Waals surface area (Å²) in [7, 11) is 0. The Hall–Kier alpha value is -2.88. The van der Waals surface area contributed by atoms with Gasteiger partial charge in [-0.3, -0.25) is 9.78 Å². The zero-order valence-electron chi connectivity index (χ0n) is 18.2. The lowest BCUT2D eigenvalue weighted by Crippen LogP contribution is -2.32. The SMILES string of the molecule is CC(C)(C)CNC(=O)c1cc2ccc(Oc3ccc(C(C)(C)C)cc3)cc2cn1. The van der Waals surface area contributed by atoms with E-state index < -0.39 is 0 Å². The highest BCUT2D eigenvalue weighted by atomic mass is 16.5. The Morgan fingerprint density at radius 2 is 1.55 bits per heavy atom. The molecule has 152 valence electrons.